The average Bonchev–Trinajstić information content (AvgIpc) is 2.66. The van der Waals surface area contributed by atoms with Crippen LogP contribution < -0.4 is 5.32 Å². The van der Waals surface area contributed by atoms with Crippen molar-refractivity contribution in [3.8, 4) is 0 Å². The molecule has 28 heavy (non-hydrogen) atoms. The molecule has 0 unspecified atom stereocenters. The molecular weight excluding hydrogens is 389 g/mol. The topological polar surface area (TPSA) is 110 Å². The monoisotopic (exact) mass is 409 g/mol. The van der Waals surface area contributed by atoms with E-state index in [4.69, 9.17) is 0 Å². The van der Waals surface area contributed by atoms with Crippen molar-refractivity contribution in [2.75, 3.05) is 18.9 Å². The van der Waals surface area contributed by atoms with E-state index in [1.807, 2.05) is 6.92 Å². The van der Waals surface area contributed by atoms with Crippen LogP contribution in [-0.2, 0) is 10.0 Å². The van der Waals surface area contributed by atoms with E-state index in [1.165, 1.54) is 35.6 Å². The van der Waals surface area contributed by atoms with E-state index in [0.29, 0.717) is 12.2 Å². The number of carbonyl (C=O) groups excluding carboxylic acids is 1. The second-order valence-corrected chi connectivity index (χ2v) is 8.13. The zero-order valence-corrected chi connectivity index (χ0v) is 16.2. The highest BCUT2D eigenvalue weighted by Gasteiger charge is 2.21. The summed E-state index contributed by atoms with van der Waals surface area (Å²) in [5.41, 5.74) is -0.597. The largest absolute Gasteiger partial charge is 0.322 e. The first kappa shape index (κ1) is 21.5. The van der Waals surface area contributed by atoms with E-state index in [1.54, 1.807) is 0 Å². The highest BCUT2D eigenvalue weighted by atomic mass is 32.2. The normalized spacial score (nSPS) is 11.4. The number of halogens is 1. The lowest BCUT2D eigenvalue weighted by Gasteiger charge is -2.17. The van der Waals surface area contributed by atoms with E-state index in [9.17, 15) is 27.7 Å². The number of hydrogen-bond donors (Lipinski definition) is 1. The molecule has 2 aromatic carbocycles. The quantitative estimate of drug-likeness (QED) is 0.531. The Hall–Kier alpha value is -2.85. The molecule has 0 aliphatic heterocycles. The molecule has 0 saturated heterocycles. The molecule has 0 heterocycles. The Labute approximate surface area is 162 Å². The minimum absolute atomic E-state index is 0.0847. The Kier molecular flexibility index (Phi) is 6.81. The van der Waals surface area contributed by atoms with E-state index < -0.39 is 32.4 Å². The van der Waals surface area contributed by atoms with E-state index in [0.717, 1.165) is 31.0 Å². The second-order valence-electron chi connectivity index (χ2n) is 6.08. The molecule has 0 fully saturated rings. The standard InChI is InChI=1S/C18H20FN3O5S/c1-3-4-11-21(2)28(26,27)15-8-6-14(7-9-15)20-18(23)13-5-10-16(19)17(12-13)22(24)25/h5-10,12H,3-4,11H2,1-2H3,(H,20,23). The van der Waals surface area contributed by atoms with Crippen LogP contribution in [0.15, 0.2) is 47.4 Å². The zero-order chi connectivity index (χ0) is 20.9. The van der Waals surface area contributed by atoms with Gasteiger partial charge >= 0.3 is 5.69 Å². The minimum Gasteiger partial charge on any atom is -0.322 e. The van der Waals surface area contributed by atoms with Crippen molar-refractivity contribution in [1.29, 1.82) is 0 Å². The number of unbranched alkanes of at least 4 members (excludes halogenated alkanes) is 1. The molecule has 0 radical (unpaired) electrons. The molecule has 0 aromatic heterocycles. The van der Waals surface area contributed by atoms with Gasteiger partial charge in [-0.1, -0.05) is 13.3 Å². The molecular formula is C18H20FN3O5S. The summed E-state index contributed by atoms with van der Waals surface area (Å²) in [6, 6.07) is 8.36. The fourth-order valence-electron chi connectivity index (χ4n) is 2.39. The van der Waals surface area contributed by atoms with Crippen LogP contribution in [0.2, 0.25) is 0 Å². The first-order chi connectivity index (χ1) is 13.2. The number of hydrogen-bond acceptors (Lipinski definition) is 5. The minimum atomic E-state index is -3.62. The third kappa shape index (κ3) is 4.90. The number of sulfonamides is 1. The fraction of sp³-hybridized carbons (Fsp3) is 0.278. The first-order valence-corrected chi connectivity index (χ1v) is 9.92. The molecule has 1 N–H and O–H groups in total. The summed E-state index contributed by atoms with van der Waals surface area (Å²) in [6.07, 6.45) is 1.61. The van der Waals surface area contributed by atoms with Gasteiger partial charge in [0, 0.05) is 30.9 Å². The van der Waals surface area contributed by atoms with E-state index in [-0.39, 0.29) is 10.5 Å². The number of anilines is 1. The van der Waals surface area contributed by atoms with Crippen molar-refractivity contribution in [3.05, 3.63) is 64.0 Å². The summed E-state index contributed by atoms with van der Waals surface area (Å²) in [7, 11) is -2.12. The maximum atomic E-state index is 13.4. The summed E-state index contributed by atoms with van der Waals surface area (Å²) < 4.78 is 39.6. The van der Waals surface area contributed by atoms with Crippen LogP contribution in [0.5, 0.6) is 0 Å². The second kappa shape index (κ2) is 8.89. The first-order valence-electron chi connectivity index (χ1n) is 8.48. The number of amides is 1. The Morgan fingerprint density at radius 3 is 2.43 bits per heavy atom. The Balaban J connectivity index is 2.15. The molecule has 1 amide bonds. The van der Waals surface area contributed by atoms with Crippen LogP contribution in [0.4, 0.5) is 15.8 Å². The van der Waals surface area contributed by atoms with Crippen molar-refractivity contribution < 1.29 is 22.5 Å². The highest BCUT2D eigenvalue weighted by Crippen LogP contribution is 2.21. The van der Waals surface area contributed by atoms with Gasteiger partial charge in [-0.2, -0.15) is 4.39 Å². The number of benzene rings is 2. The molecule has 0 atom stereocenters. The third-order valence-electron chi connectivity index (χ3n) is 4.05. The van der Waals surface area contributed by atoms with Crippen LogP contribution in [0.25, 0.3) is 0 Å². The van der Waals surface area contributed by atoms with Crippen molar-refractivity contribution in [2.24, 2.45) is 0 Å². The Morgan fingerprint density at radius 1 is 1.21 bits per heavy atom. The van der Waals surface area contributed by atoms with Gasteiger partial charge in [-0.3, -0.25) is 14.9 Å². The molecule has 0 spiro atoms. The van der Waals surface area contributed by atoms with Gasteiger partial charge in [-0.05, 0) is 42.8 Å². The summed E-state index contributed by atoms with van der Waals surface area (Å²) >= 11 is 0. The molecule has 0 aliphatic carbocycles. The summed E-state index contributed by atoms with van der Waals surface area (Å²) in [5, 5.41) is 13.3. The van der Waals surface area contributed by atoms with Crippen LogP contribution in [0, 0.1) is 15.9 Å². The highest BCUT2D eigenvalue weighted by molar-refractivity contribution is 7.89. The van der Waals surface area contributed by atoms with Gasteiger partial charge in [0.2, 0.25) is 15.8 Å². The van der Waals surface area contributed by atoms with Crippen molar-refractivity contribution in [1.82, 2.24) is 4.31 Å². The van der Waals surface area contributed by atoms with Gasteiger partial charge in [-0.25, -0.2) is 12.7 Å². The lowest BCUT2D eigenvalue weighted by atomic mass is 10.1. The number of nitro groups is 1. The Morgan fingerprint density at radius 2 is 1.86 bits per heavy atom. The molecule has 150 valence electrons. The predicted octanol–water partition coefficient (Wildman–Crippen LogP) is 3.41. The van der Waals surface area contributed by atoms with Gasteiger partial charge in [0.05, 0.1) is 9.82 Å². The number of carbonyl (C=O) groups is 1. The lowest BCUT2D eigenvalue weighted by molar-refractivity contribution is -0.387. The van der Waals surface area contributed by atoms with Gasteiger partial charge in [0.15, 0.2) is 0 Å². The lowest BCUT2D eigenvalue weighted by Crippen LogP contribution is -2.27. The van der Waals surface area contributed by atoms with Crippen LogP contribution >= 0.6 is 0 Å². The molecule has 0 bridgehead atoms. The van der Waals surface area contributed by atoms with Gasteiger partial charge < -0.3 is 5.32 Å². The SMILES string of the molecule is CCCCN(C)S(=O)(=O)c1ccc(NC(=O)c2ccc(F)c([N+](=O)[O-])c2)cc1. The van der Waals surface area contributed by atoms with E-state index in [2.05, 4.69) is 5.32 Å². The number of nitro benzene ring substituents is 1. The average molecular weight is 409 g/mol. The van der Waals surface area contributed by atoms with Crippen LogP contribution in [0.1, 0.15) is 30.1 Å². The predicted molar refractivity (Wildman–Crippen MR) is 102 cm³/mol. The van der Waals surface area contributed by atoms with Gasteiger partial charge in [0.1, 0.15) is 0 Å². The molecule has 8 nitrogen and oxygen atoms in total. The van der Waals surface area contributed by atoms with Crippen LogP contribution in [0.3, 0.4) is 0 Å². The fourth-order valence-corrected chi connectivity index (χ4v) is 3.60. The van der Waals surface area contributed by atoms with Gasteiger partial charge in [0.25, 0.3) is 5.91 Å². The molecule has 0 saturated carbocycles. The maximum Gasteiger partial charge on any atom is 0.305 e. The zero-order valence-electron chi connectivity index (χ0n) is 15.4. The summed E-state index contributed by atoms with van der Waals surface area (Å²) in [4.78, 5) is 22.2. The van der Waals surface area contributed by atoms with E-state index >= 15 is 0 Å². The molecule has 0 aliphatic rings. The number of rotatable bonds is 8. The van der Waals surface area contributed by atoms with Crippen molar-refractivity contribution in [3.63, 3.8) is 0 Å². The molecule has 2 rings (SSSR count). The van der Waals surface area contributed by atoms with Crippen molar-refractivity contribution in [2.45, 2.75) is 24.7 Å². The number of nitrogens with zero attached hydrogens (tertiary/aromatic N) is 2. The van der Waals surface area contributed by atoms with Crippen LogP contribution in [-0.4, -0.2) is 37.1 Å². The summed E-state index contributed by atoms with van der Waals surface area (Å²) in [5.74, 6) is -1.72. The maximum absolute atomic E-state index is 13.4. The smallest absolute Gasteiger partial charge is 0.305 e. The summed E-state index contributed by atoms with van der Waals surface area (Å²) in [6.45, 7) is 2.37. The Bertz CT molecular complexity index is 977. The molecule has 2 aromatic rings. The third-order valence-corrected chi connectivity index (χ3v) is 5.92. The molecule has 10 heteroatoms. The van der Waals surface area contributed by atoms with Gasteiger partial charge in [-0.15, -0.1) is 0 Å². The number of nitrogens with one attached hydrogen (secondary N) is 1. The van der Waals surface area contributed by atoms with Crippen molar-refractivity contribution >= 4 is 27.3 Å².